The first-order valence-electron chi connectivity index (χ1n) is 6.10. The number of aromatic amines is 1. The molecular weight excluding hydrogens is 216 g/mol. The van der Waals surface area contributed by atoms with Crippen molar-refractivity contribution in [2.45, 2.75) is 58.9 Å². The van der Waals surface area contributed by atoms with Crippen LogP contribution in [0.1, 0.15) is 69.8 Å². The van der Waals surface area contributed by atoms with E-state index in [0.29, 0.717) is 0 Å². The molecule has 0 unspecified atom stereocenters. The lowest BCUT2D eigenvalue weighted by molar-refractivity contribution is 0.0898. The highest BCUT2D eigenvalue weighted by Crippen LogP contribution is 2.12. The molecule has 1 amide bonds. The summed E-state index contributed by atoms with van der Waals surface area (Å²) in [4.78, 5) is 16.1. The second-order valence-corrected chi connectivity index (χ2v) is 5.29. The smallest absolute Gasteiger partial charge is 0.291 e. The quantitative estimate of drug-likeness (QED) is 0.826. The molecule has 96 valence electrons. The zero-order valence-corrected chi connectivity index (χ0v) is 11.3. The normalized spacial score (nSPS) is 11.9. The molecule has 0 spiro atoms. The summed E-state index contributed by atoms with van der Waals surface area (Å²) < 4.78 is 0. The second kappa shape index (κ2) is 5.29. The van der Waals surface area contributed by atoms with Crippen molar-refractivity contribution in [2.75, 3.05) is 0 Å². The van der Waals surface area contributed by atoms with Gasteiger partial charge in [0.15, 0.2) is 0 Å². The third-order valence-electron chi connectivity index (χ3n) is 2.58. The summed E-state index contributed by atoms with van der Waals surface area (Å²) in [7, 11) is 0. The van der Waals surface area contributed by atoms with Gasteiger partial charge in [-0.2, -0.15) is 0 Å². The molecule has 1 aromatic heterocycles. The Labute approximate surface area is 102 Å². The first kappa shape index (κ1) is 13.7. The Morgan fingerprint density at radius 1 is 1.47 bits per heavy atom. The Bertz CT molecular complexity index is 382. The average Bonchev–Trinajstić information content (AvgIpc) is 2.64. The Kier molecular flexibility index (Phi) is 4.26. The van der Waals surface area contributed by atoms with E-state index in [2.05, 4.69) is 27.4 Å². The van der Waals surface area contributed by atoms with E-state index in [4.69, 9.17) is 0 Å². The monoisotopic (exact) mass is 238 g/mol. The summed E-state index contributed by atoms with van der Waals surface area (Å²) in [6.07, 6.45) is 1.96. The highest BCUT2D eigenvalue weighted by Gasteiger charge is 2.22. The van der Waals surface area contributed by atoms with E-state index in [1.165, 1.54) is 0 Å². The topological polar surface area (TPSA) is 70.7 Å². The molecule has 0 aliphatic rings. The minimum absolute atomic E-state index is 0.216. The van der Waals surface area contributed by atoms with Gasteiger partial charge in [0.1, 0.15) is 5.82 Å². The predicted molar refractivity (Wildman–Crippen MR) is 66.9 cm³/mol. The van der Waals surface area contributed by atoms with E-state index in [9.17, 15) is 4.79 Å². The SMILES string of the molecule is CCCC(C)(C)NC(=O)c1n[nH]c(C(C)C)n1. The minimum atomic E-state index is -0.218. The molecule has 1 aromatic rings. The largest absolute Gasteiger partial charge is 0.344 e. The van der Waals surface area contributed by atoms with Crippen molar-refractivity contribution < 1.29 is 4.79 Å². The van der Waals surface area contributed by atoms with Crippen LogP contribution < -0.4 is 5.32 Å². The maximum atomic E-state index is 11.9. The van der Waals surface area contributed by atoms with Gasteiger partial charge in [-0.25, -0.2) is 4.98 Å². The molecule has 0 atom stereocenters. The Morgan fingerprint density at radius 3 is 2.59 bits per heavy atom. The Morgan fingerprint density at radius 2 is 2.12 bits per heavy atom. The van der Waals surface area contributed by atoms with Gasteiger partial charge in [0.05, 0.1) is 0 Å². The number of amides is 1. The van der Waals surface area contributed by atoms with Crippen LogP contribution >= 0.6 is 0 Å². The molecule has 1 rings (SSSR count). The van der Waals surface area contributed by atoms with Gasteiger partial charge < -0.3 is 5.32 Å². The number of carbonyl (C=O) groups excluding carboxylic acids is 1. The fourth-order valence-corrected chi connectivity index (χ4v) is 1.68. The molecule has 0 bridgehead atoms. The van der Waals surface area contributed by atoms with Gasteiger partial charge in [-0.1, -0.05) is 27.2 Å². The van der Waals surface area contributed by atoms with Crippen molar-refractivity contribution in [3.05, 3.63) is 11.6 Å². The maximum Gasteiger partial charge on any atom is 0.291 e. The van der Waals surface area contributed by atoms with Gasteiger partial charge in [-0.05, 0) is 20.3 Å². The van der Waals surface area contributed by atoms with Crippen molar-refractivity contribution >= 4 is 5.91 Å². The van der Waals surface area contributed by atoms with Crippen LogP contribution in [0.3, 0.4) is 0 Å². The van der Waals surface area contributed by atoms with Crippen LogP contribution in [0.2, 0.25) is 0 Å². The van der Waals surface area contributed by atoms with E-state index < -0.39 is 0 Å². The summed E-state index contributed by atoms with van der Waals surface area (Å²) in [5, 5.41) is 9.66. The molecule has 2 N–H and O–H groups in total. The minimum Gasteiger partial charge on any atom is -0.344 e. The molecule has 0 aromatic carbocycles. The number of rotatable bonds is 5. The lowest BCUT2D eigenvalue weighted by Gasteiger charge is -2.24. The van der Waals surface area contributed by atoms with Crippen LogP contribution in [-0.2, 0) is 0 Å². The molecule has 17 heavy (non-hydrogen) atoms. The molecule has 5 nitrogen and oxygen atoms in total. The van der Waals surface area contributed by atoms with Gasteiger partial charge in [-0.15, -0.1) is 5.10 Å². The summed E-state index contributed by atoms with van der Waals surface area (Å²) in [6.45, 7) is 10.1. The molecule has 0 fully saturated rings. The zero-order valence-electron chi connectivity index (χ0n) is 11.3. The molecular formula is C12H22N4O. The second-order valence-electron chi connectivity index (χ2n) is 5.29. The Hall–Kier alpha value is -1.39. The van der Waals surface area contributed by atoms with Crippen molar-refractivity contribution in [1.82, 2.24) is 20.5 Å². The number of H-pyrrole nitrogens is 1. The molecule has 0 aliphatic carbocycles. The van der Waals surface area contributed by atoms with Crippen LogP contribution in [0.4, 0.5) is 0 Å². The van der Waals surface area contributed by atoms with E-state index in [1.807, 2.05) is 27.7 Å². The number of nitrogens with one attached hydrogen (secondary N) is 2. The summed E-state index contributed by atoms with van der Waals surface area (Å²) in [5.41, 5.74) is -0.218. The molecule has 1 heterocycles. The van der Waals surface area contributed by atoms with Crippen LogP contribution in [0.5, 0.6) is 0 Å². The number of aromatic nitrogens is 3. The molecule has 0 aliphatic heterocycles. The summed E-state index contributed by atoms with van der Waals surface area (Å²) in [6, 6.07) is 0. The average molecular weight is 238 g/mol. The van der Waals surface area contributed by atoms with E-state index >= 15 is 0 Å². The Balaban J connectivity index is 2.69. The maximum absolute atomic E-state index is 11.9. The van der Waals surface area contributed by atoms with E-state index in [-0.39, 0.29) is 23.2 Å². The zero-order chi connectivity index (χ0) is 13.1. The van der Waals surface area contributed by atoms with Crippen molar-refractivity contribution in [3.8, 4) is 0 Å². The number of hydrogen-bond donors (Lipinski definition) is 2. The first-order valence-corrected chi connectivity index (χ1v) is 6.10. The number of hydrogen-bond acceptors (Lipinski definition) is 3. The lowest BCUT2D eigenvalue weighted by Crippen LogP contribution is -2.43. The van der Waals surface area contributed by atoms with Crippen molar-refractivity contribution in [2.24, 2.45) is 0 Å². The first-order chi connectivity index (χ1) is 7.85. The van der Waals surface area contributed by atoms with E-state index in [0.717, 1.165) is 18.7 Å². The van der Waals surface area contributed by atoms with Gasteiger partial charge in [0, 0.05) is 11.5 Å². The highest BCUT2D eigenvalue weighted by atomic mass is 16.2. The van der Waals surface area contributed by atoms with Crippen LogP contribution in [0.25, 0.3) is 0 Å². The van der Waals surface area contributed by atoms with E-state index in [1.54, 1.807) is 0 Å². The molecule has 5 heteroatoms. The third kappa shape index (κ3) is 3.84. The van der Waals surface area contributed by atoms with Crippen LogP contribution in [0, 0.1) is 0 Å². The molecule has 0 saturated carbocycles. The van der Waals surface area contributed by atoms with Gasteiger partial charge in [-0.3, -0.25) is 9.89 Å². The van der Waals surface area contributed by atoms with Gasteiger partial charge >= 0.3 is 0 Å². The molecule has 0 radical (unpaired) electrons. The van der Waals surface area contributed by atoms with Gasteiger partial charge in [0.2, 0.25) is 5.82 Å². The lowest BCUT2D eigenvalue weighted by atomic mass is 9.99. The molecule has 0 saturated heterocycles. The summed E-state index contributed by atoms with van der Waals surface area (Å²) >= 11 is 0. The fourth-order valence-electron chi connectivity index (χ4n) is 1.68. The number of nitrogens with zero attached hydrogens (tertiary/aromatic N) is 2. The number of carbonyl (C=O) groups is 1. The summed E-state index contributed by atoms with van der Waals surface area (Å²) in [5.74, 6) is 0.987. The van der Waals surface area contributed by atoms with Crippen molar-refractivity contribution in [3.63, 3.8) is 0 Å². The van der Waals surface area contributed by atoms with Crippen molar-refractivity contribution in [1.29, 1.82) is 0 Å². The van der Waals surface area contributed by atoms with Crippen LogP contribution in [0.15, 0.2) is 0 Å². The fraction of sp³-hybridized carbons (Fsp3) is 0.750. The predicted octanol–water partition coefficient (Wildman–Crippen LogP) is 2.24. The van der Waals surface area contributed by atoms with Gasteiger partial charge in [0.25, 0.3) is 5.91 Å². The van der Waals surface area contributed by atoms with Crippen LogP contribution in [-0.4, -0.2) is 26.6 Å². The highest BCUT2D eigenvalue weighted by molar-refractivity contribution is 5.90. The standard InChI is InChI=1S/C12H22N4O/c1-6-7-12(4,5)14-11(17)10-13-9(8(2)3)15-16-10/h8H,6-7H2,1-5H3,(H,14,17)(H,13,15,16). The third-order valence-corrected chi connectivity index (χ3v) is 2.58.